The number of carbonyl (C=O) groups is 1. The molecule has 3 rings (SSSR count). The number of hydrogen-bond donors (Lipinski definition) is 2. The molecule has 9 heteroatoms. The molecule has 0 saturated heterocycles. The maximum absolute atomic E-state index is 13.6. The number of methoxy groups -OCH3 is 1. The van der Waals surface area contributed by atoms with Gasteiger partial charge in [0.1, 0.15) is 17.4 Å². The van der Waals surface area contributed by atoms with Gasteiger partial charge in [-0.2, -0.15) is 0 Å². The van der Waals surface area contributed by atoms with Crippen LogP contribution in [0, 0.1) is 11.6 Å². The van der Waals surface area contributed by atoms with Crippen LogP contribution in [-0.2, 0) is 16.6 Å². The van der Waals surface area contributed by atoms with E-state index in [1.165, 1.54) is 31.4 Å². The average molecular weight is 432 g/mol. The summed E-state index contributed by atoms with van der Waals surface area (Å²) in [7, 11) is -2.35. The molecule has 0 unspecified atom stereocenters. The van der Waals surface area contributed by atoms with Crippen LogP contribution in [0.15, 0.2) is 71.6 Å². The molecule has 0 atom stereocenters. The molecule has 2 N–H and O–H groups in total. The van der Waals surface area contributed by atoms with Gasteiger partial charge in [-0.3, -0.25) is 9.52 Å². The van der Waals surface area contributed by atoms with E-state index in [1.54, 1.807) is 24.3 Å². The van der Waals surface area contributed by atoms with E-state index >= 15 is 0 Å². The summed E-state index contributed by atoms with van der Waals surface area (Å²) in [5.74, 6) is -1.21. The van der Waals surface area contributed by atoms with Crippen LogP contribution in [0.3, 0.4) is 0 Å². The Morgan fingerprint density at radius 1 is 0.967 bits per heavy atom. The first-order chi connectivity index (χ1) is 14.3. The van der Waals surface area contributed by atoms with E-state index < -0.39 is 27.6 Å². The third kappa shape index (κ3) is 5.12. The minimum absolute atomic E-state index is 0.00578. The fourth-order valence-electron chi connectivity index (χ4n) is 2.61. The van der Waals surface area contributed by atoms with E-state index in [1.807, 2.05) is 0 Å². The molecule has 0 fully saturated rings. The summed E-state index contributed by atoms with van der Waals surface area (Å²) in [6, 6.07) is 14.5. The Kier molecular flexibility index (Phi) is 6.31. The van der Waals surface area contributed by atoms with Crippen LogP contribution in [-0.4, -0.2) is 21.4 Å². The molecule has 0 aliphatic carbocycles. The van der Waals surface area contributed by atoms with Crippen LogP contribution in [0.5, 0.6) is 5.75 Å². The van der Waals surface area contributed by atoms with Gasteiger partial charge in [0.05, 0.1) is 12.0 Å². The Morgan fingerprint density at radius 2 is 1.63 bits per heavy atom. The summed E-state index contributed by atoms with van der Waals surface area (Å²) >= 11 is 0. The Hall–Kier alpha value is -3.46. The molecule has 0 aliphatic rings. The molecule has 156 valence electrons. The number of rotatable bonds is 7. The molecule has 30 heavy (non-hydrogen) atoms. The molecule has 0 aromatic heterocycles. The zero-order valence-electron chi connectivity index (χ0n) is 15.9. The number of nitrogens with one attached hydrogen (secondary N) is 2. The van der Waals surface area contributed by atoms with Gasteiger partial charge in [-0.15, -0.1) is 0 Å². The summed E-state index contributed by atoms with van der Waals surface area (Å²) < 4.78 is 59.3. The van der Waals surface area contributed by atoms with Gasteiger partial charge in [0.25, 0.3) is 15.9 Å². The van der Waals surface area contributed by atoms with Crippen LogP contribution in [0.4, 0.5) is 14.5 Å². The third-order valence-corrected chi connectivity index (χ3v) is 5.61. The number of carbonyl (C=O) groups excluding carboxylic acids is 1. The first kappa shape index (κ1) is 21.3. The molecule has 3 aromatic carbocycles. The van der Waals surface area contributed by atoms with Gasteiger partial charge in [0.2, 0.25) is 0 Å². The summed E-state index contributed by atoms with van der Waals surface area (Å²) in [5, 5.41) is 2.47. The highest BCUT2D eigenvalue weighted by Crippen LogP contribution is 2.20. The van der Waals surface area contributed by atoms with Crippen molar-refractivity contribution in [3.05, 3.63) is 89.5 Å². The second-order valence-corrected chi connectivity index (χ2v) is 7.96. The van der Waals surface area contributed by atoms with Crippen molar-refractivity contribution in [2.75, 3.05) is 11.8 Å². The number of hydrogen-bond acceptors (Lipinski definition) is 4. The van der Waals surface area contributed by atoms with Gasteiger partial charge >= 0.3 is 0 Å². The van der Waals surface area contributed by atoms with Crippen molar-refractivity contribution in [2.45, 2.75) is 11.4 Å². The van der Waals surface area contributed by atoms with Crippen LogP contribution in [0.25, 0.3) is 0 Å². The zero-order chi connectivity index (χ0) is 21.7. The molecule has 0 saturated carbocycles. The maximum Gasteiger partial charge on any atom is 0.261 e. The van der Waals surface area contributed by atoms with Crippen LogP contribution >= 0.6 is 0 Å². The zero-order valence-corrected chi connectivity index (χ0v) is 16.7. The Balaban J connectivity index is 1.66. The second kappa shape index (κ2) is 8.91. The largest absolute Gasteiger partial charge is 0.497 e. The molecule has 0 radical (unpaired) electrons. The van der Waals surface area contributed by atoms with Crippen molar-refractivity contribution in [1.82, 2.24) is 5.32 Å². The SMILES string of the molecule is COc1ccc(NS(=O)(=O)c2ccc(C(=O)NCc3cc(F)ccc3F)cc2)cc1. The van der Waals surface area contributed by atoms with Crippen molar-refractivity contribution < 1.29 is 26.7 Å². The lowest BCUT2D eigenvalue weighted by atomic mass is 10.2. The monoisotopic (exact) mass is 432 g/mol. The van der Waals surface area contributed by atoms with Gasteiger partial charge in [-0.1, -0.05) is 0 Å². The van der Waals surface area contributed by atoms with E-state index in [0.717, 1.165) is 18.2 Å². The van der Waals surface area contributed by atoms with Gasteiger partial charge < -0.3 is 10.1 Å². The molecule has 0 aliphatic heterocycles. The Bertz CT molecular complexity index is 1150. The average Bonchev–Trinajstić information content (AvgIpc) is 2.74. The fraction of sp³-hybridized carbons (Fsp3) is 0.0952. The van der Waals surface area contributed by atoms with Crippen molar-refractivity contribution in [3.8, 4) is 5.75 Å². The lowest BCUT2D eigenvalue weighted by molar-refractivity contribution is 0.0950. The van der Waals surface area contributed by atoms with Crippen LogP contribution < -0.4 is 14.8 Å². The quantitative estimate of drug-likeness (QED) is 0.596. The van der Waals surface area contributed by atoms with E-state index in [0.29, 0.717) is 11.4 Å². The first-order valence-electron chi connectivity index (χ1n) is 8.77. The topological polar surface area (TPSA) is 84.5 Å². The van der Waals surface area contributed by atoms with E-state index in [4.69, 9.17) is 4.74 Å². The highest BCUT2D eigenvalue weighted by atomic mass is 32.2. The minimum Gasteiger partial charge on any atom is -0.497 e. The number of ether oxygens (including phenoxy) is 1. The van der Waals surface area contributed by atoms with Crippen LogP contribution in [0.1, 0.15) is 15.9 Å². The molecule has 0 heterocycles. The third-order valence-electron chi connectivity index (χ3n) is 4.22. The summed E-state index contributed by atoms with van der Waals surface area (Å²) in [5.41, 5.74) is 0.538. The van der Waals surface area contributed by atoms with E-state index in [9.17, 15) is 22.0 Å². The molecule has 0 bridgehead atoms. The Labute approximate surface area is 172 Å². The van der Waals surface area contributed by atoms with Gasteiger partial charge in [0, 0.05) is 23.4 Å². The molecule has 3 aromatic rings. The molecule has 1 amide bonds. The first-order valence-corrected chi connectivity index (χ1v) is 10.3. The smallest absolute Gasteiger partial charge is 0.261 e. The molecular weight excluding hydrogens is 414 g/mol. The lowest BCUT2D eigenvalue weighted by Crippen LogP contribution is -2.23. The number of anilines is 1. The number of halogens is 2. The van der Waals surface area contributed by atoms with Crippen molar-refractivity contribution in [1.29, 1.82) is 0 Å². The highest BCUT2D eigenvalue weighted by molar-refractivity contribution is 7.92. The maximum atomic E-state index is 13.6. The highest BCUT2D eigenvalue weighted by Gasteiger charge is 2.16. The van der Waals surface area contributed by atoms with Crippen LogP contribution in [0.2, 0.25) is 0 Å². The molecular formula is C21H18F2N2O4S. The summed E-state index contributed by atoms with van der Waals surface area (Å²) in [6.45, 7) is -0.207. The number of sulfonamides is 1. The van der Waals surface area contributed by atoms with Crippen molar-refractivity contribution in [3.63, 3.8) is 0 Å². The summed E-state index contributed by atoms with van der Waals surface area (Å²) in [6.07, 6.45) is 0. The minimum atomic E-state index is -3.85. The van der Waals surface area contributed by atoms with E-state index in [-0.39, 0.29) is 22.6 Å². The molecule has 6 nitrogen and oxygen atoms in total. The van der Waals surface area contributed by atoms with Gasteiger partial charge in [-0.05, 0) is 66.7 Å². The van der Waals surface area contributed by atoms with Crippen molar-refractivity contribution in [2.24, 2.45) is 0 Å². The lowest BCUT2D eigenvalue weighted by Gasteiger charge is -2.10. The molecule has 0 spiro atoms. The van der Waals surface area contributed by atoms with E-state index in [2.05, 4.69) is 10.0 Å². The summed E-state index contributed by atoms with van der Waals surface area (Å²) in [4.78, 5) is 12.2. The Morgan fingerprint density at radius 3 is 2.27 bits per heavy atom. The van der Waals surface area contributed by atoms with Gasteiger partial charge in [0.15, 0.2) is 0 Å². The predicted octanol–water partition coefficient (Wildman–Crippen LogP) is 3.70. The number of amides is 1. The standard InChI is InChI=1S/C21H18F2N2O4S/c1-29-18-7-5-17(6-8-18)25-30(27,28)19-9-2-14(3-10-19)21(26)24-13-15-12-16(22)4-11-20(15)23/h2-12,25H,13H2,1H3,(H,24,26). The fourth-order valence-corrected chi connectivity index (χ4v) is 3.67. The normalized spacial score (nSPS) is 11.0. The van der Waals surface area contributed by atoms with Crippen molar-refractivity contribution >= 4 is 21.6 Å². The van der Waals surface area contributed by atoms with Gasteiger partial charge in [-0.25, -0.2) is 17.2 Å². The predicted molar refractivity (Wildman–Crippen MR) is 108 cm³/mol. The number of benzene rings is 3. The second-order valence-electron chi connectivity index (χ2n) is 6.28.